The van der Waals surface area contributed by atoms with Crippen LogP contribution in [0.3, 0.4) is 0 Å². The first-order valence-electron chi connectivity index (χ1n) is 10.5. The zero-order valence-electron chi connectivity index (χ0n) is 16.8. The van der Waals surface area contributed by atoms with Gasteiger partial charge in [-0.25, -0.2) is 8.42 Å². The monoisotopic (exact) mass is 423 g/mol. The number of hydrogen-bond acceptors (Lipinski definition) is 2. The highest BCUT2D eigenvalue weighted by atomic mass is 32.2. The molecule has 4 heteroatoms. The highest BCUT2D eigenvalue weighted by Gasteiger charge is 2.61. The van der Waals surface area contributed by atoms with Gasteiger partial charge in [0.2, 0.25) is 10.0 Å². The molecule has 0 aromatic heterocycles. The second-order valence-electron chi connectivity index (χ2n) is 8.24. The van der Waals surface area contributed by atoms with Crippen LogP contribution in [-0.4, -0.2) is 13.7 Å². The van der Waals surface area contributed by atoms with Gasteiger partial charge in [-0.15, -0.1) is 0 Å². The molecule has 0 saturated carbocycles. The zero-order valence-corrected chi connectivity index (χ0v) is 17.6. The van der Waals surface area contributed by atoms with Crippen molar-refractivity contribution in [2.75, 3.05) is 0 Å². The van der Waals surface area contributed by atoms with Crippen LogP contribution in [0, 0.1) is 5.92 Å². The minimum Gasteiger partial charge on any atom is -0.212 e. The quantitative estimate of drug-likeness (QED) is 0.637. The molecule has 1 aliphatic heterocycles. The predicted molar refractivity (Wildman–Crippen MR) is 125 cm³/mol. The van der Waals surface area contributed by atoms with Crippen molar-refractivity contribution in [1.29, 1.82) is 0 Å². The van der Waals surface area contributed by atoms with Gasteiger partial charge in [0.05, 0.1) is 5.54 Å². The normalized spacial score (nSPS) is 27.5. The van der Waals surface area contributed by atoms with E-state index in [4.69, 9.17) is 0 Å². The molecular formula is C27H21NO2S. The fraction of sp³-hybridized carbons (Fsp3) is 0.111. The molecule has 2 unspecified atom stereocenters. The van der Waals surface area contributed by atoms with Crippen LogP contribution < -0.4 is 4.72 Å². The van der Waals surface area contributed by atoms with E-state index in [0.717, 1.165) is 33.4 Å². The lowest BCUT2D eigenvalue weighted by molar-refractivity contribution is 0.436. The maximum Gasteiger partial charge on any atom is 0.219 e. The molecule has 2 aliphatic carbocycles. The Balaban J connectivity index is 1.77. The van der Waals surface area contributed by atoms with Crippen LogP contribution in [0.1, 0.15) is 22.3 Å². The summed E-state index contributed by atoms with van der Waals surface area (Å²) in [5, 5.41) is -0.598. The molecule has 1 fully saturated rings. The number of rotatable bonds is 2. The van der Waals surface area contributed by atoms with Crippen LogP contribution in [0.25, 0.3) is 11.1 Å². The number of fused-ring (bicyclic) bond motifs is 4. The molecule has 3 aromatic carbocycles. The second-order valence-corrected chi connectivity index (χ2v) is 10.1. The Morgan fingerprint density at radius 2 is 1.32 bits per heavy atom. The Morgan fingerprint density at radius 3 is 2.06 bits per heavy atom. The molecule has 31 heavy (non-hydrogen) atoms. The van der Waals surface area contributed by atoms with Crippen molar-refractivity contribution in [2.24, 2.45) is 5.92 Å². The summed E-state index contributed by atoms with van der Waals surface area (Å²) < 4.78 is 29.9. The van der Waals surface area contributed by atoms with E-state index < -0.39 is 20.8 Å². The maximum absolute atomic E-state index is 13.4. The Morgan fingerprint density at radius 1 is 0.710 bits per heavy atom. The van der Waals surface area contributed by atoms with Gasteiger partial charge < -0.3 is 0 Å². The van der Waals surface area contributed by atoms with Crippen LogP contribution >= 0.6 is 0 Å². The van der Waals surface area contributed by atoms with E-state index in [0.29, 0.717) is 0 Å². The van der Waals surface area contributed by atoms with Gasteiger partial charge in [0, 0.05) is 5.92 Å². The van der Waals surface area contributed by atoms with E-state index in [9.17, 15) is 8.42 Å². The lowest BCUT2D eigenvalue weighted by Gasteiger charge is -2.35. The van der Waals surface area contributed by atoms with Gasteiger partial charge in [-0.3, -0.25) is 0 Å². The van der Waals surface area contributed by atoms with E-state index in [1.54, 1.807) is 0 Å². The van der Waals surface area contributed by atoms with Gasteiger partial charge in [-0.05, 0) is 33.4 Å². The first-order valence-corrected chi connectivity index (χ1v) is 12.0. The first kappa shape index (κ1) is 18.6. The van der Waals surface area contributed by atoms with Gasteiger partial charge in [-0.2, -0.15) is 4.72 Å². The molecule has 3 nitrogen and oxygen atoms in total. The minimum atomic E-state index is -3.55. The second kappa shape index (κ2) is 6.64. The SMILES string of the molecule is O=S1(=O)N[C@@]2(C(c3ccccc3)=C(c3ccccc3)c3ccccc32)C2C=CC=CC21. The van der Waals surface area contributed by atoms with Crippen molar-refractivity contribution in [1.82, 2.24) is 4.72 Å². The summed E-state index contributed by atoms with van der Waals surface area (Å²) in [6, 6.07) is 28.7. The molecule has 3 aromatic rings. The molecule has 0 radical (unpaired) electrons. The van der Waals surface area contributed by atoms with Gasteiger partial charge in [-0.1, -0.05) is 109 Å². The Labute approximate surface area is 182 Å². The van der Waals surface area contributed by atoms with Crippen LogP contribution in [0.15, 0.2) is 109 Å². The maximum atomic E-state index is 13.4. The molecule has 1 heterocycles. The van der Waals surface area contributed by atoms with Crippen molar-refractivity contribution >= 4 is 21.2 Å². The Hall–Kier alpha value is -3.21. The van der Waals surface area contributed by atoms with E-state index in [-0.39, 0.29) is 5.92 Å². The van der Waals surface area contributed by atoms with Crippen molar-refractivity contribution in [2.45, 2.75) is 10.8 Å². The van der Waals surface area contributed by atoms with Crippen LogP contribution in [0.4, 0.5) is 0 Å². The van der Waals surface area contributed by atoms with Gasteiger partial charge in [0.1, 0.15) is 5.25 Å². The molecule has 1 spiro atoms. The highest BCUT2D eigenvalue weighted by molar-refractivity contribution is 7.90. The molecule has 152 valence electrons. The molecule has 0 amide bonds. The summed E-state index contributed by atoms with van der Waals surface area (Å²) >= 11 is 0. The minimum absolute atomic E-state index is 0.236. The largest absolute Gasteiger partial charge is 0.219 e. The third-order valence-electron chi connectivity index (χ3n) is 6.64. The van der Waals surface area contributed by atoms with Crippen LogP contribution in [0.5, 0.6) is 0 Å². The standard InChI is InChI=1S/C27H21NO2S/c29-31(30)24-18-10-9-17-23(24)27(28-31)22-16-8-7-15-21(22)25(19-11-3-1-4-12-19)26(27)20-13-5-2-6-14-20/h1-18,23-24,28H/t23?,24?,27-/m1/s1. The summed E-state index contributed by atoms with van der Waals surface area (Å²) in [5.74, 6) is -0.236. The smallest absolute Gasteiger partial charge is 0.212 e. The van der Waals surface area contributed by atoms with E-state index >= 15 is 0 Å². The fourth-order valence-corrected chi connectivity index (χ4v) is 7.39. The molecule has 6 rings (SSSR count). The van der Waals surface area contributed by atoms with Gasteiger partial charge >= 0.3 is 0 Å². The summed E-state index contributed by atoms with van der Waals surface area (Å²) in [6.07, 6.45) is 7.67. The molecule has 1 saturated heterocycles. The topological polar surface area (TPSA) is 46.2 Å². The number of allylic oxidation sites excluding steroid dienone is 2. The van der Waals surface area contributed by atoms with Gasteiger partial charge in [0.15, 0.2) is 0 Å². The number of benzene rings is 3. The predicted octanol–water partition coefficient (Wildman–Crippen LogP) is 4.90. The summed E-state index contributed by atoms with van der Waals surface area (Å²) in [6.45, 7) is 0. The average molecular weight is 424 g/mol. The number of sulfonamides is 1. The van der Waals surface area contributed by atoms with Crippen LogP contribution in [0.2, 0.25) is 0 Å². The van der Waals surface area contributed by atoms with Crippen molar-refractivity contribution in [3.05, 3.63) is 131 Å². The van der Waals surface area contributed by atoms with E-state index in [1.165, 1.54) is 0 Å². The molecule has 0 bridgehead atoms. The van der Waals surface area contributed by atoms with Crippen LogP contribution in [-0.2, 0) is 15.6 Å². The lowest BCUT2D eigenvalue weighted by atomic mass is 9.71. The highest BCUT2D eigenvalue weighted by Crippen LogP contribution is 2.59. The molecule has 3 atom stereocenters. The molecule has 3 aliphatic rings. The number of nitrogens with one attached hydrogen (secondary N) is 1. The number of hydrogen-bond donors (Lipinski definition) is 1. The van der Waals surface area contributed by atoms with E-state index in [2.05, 4.69) is 47.2 Å². The van der Waals surface area contributed by atoms with Crippen molar-refractivity contribution in [3.63, 3.8) is 0 Å². The fourth-order valence-electron chi connectivity index (χ4n) is 5.48. The average Bonchev–Trinajstić information content (AvgIpc) is 3.24. The van der Waals surface area contributed by atoms with Crippen molar-refractivity contribution in [3.8, 4) is 0 Å². The summed E-state index contributed by atoms with van der Waals surface area (Å²) in [7, 11) is -3.55. The third-order valence-corrected chi connectivity index (χ3v) is 8.41. The van der Waals surface area contributed by atoms with E-state index in [1.807, 2.05) is 66.8 Å². The summed E-state index contributed by atoms with van der Waals surface area (Å²) in [5.41, 5.74) is 5.48. The van der Waals surface area contributed by atoms with Gasteiger partial charge in [0.25, 0.3) is 0 Å². The lowest BCUT2D eigenvalue weighted by Crippen LogP contribution is -2.42. The van der Waals surface area contributed by atoms with Crippen molar-refractivity contribution < 1.29 is 8.42 Å². The Kier molecular flexibility index (Phi) is 3.98. The molecule has 1 N–H and O–H groups in total. The summed E-state index contributed by atoms with van der Waals surface area (Å²) in [4.78, 5) is 0. The third kappa shape index (κ3) is 2.52. The molecular weight excluding hydrogens is 402 g/mol. The first-order chi connectivity index (χ1) is 15.1. The zero-order chi connectivity index (χ0) is 21.1. The Bertz CT molecular complexity index is 1370.